The molecule has 4 heteroatoms. The maximum Gasteiger partial charge on any atom is 0.138 e. The third-order valence-corrected chi connectivity index (χ3v) is 3.57. The first-order valence-corrected chi connectivity index (χ1v) is 6.18. The zero-order valence-electron chi connectivity index (χ0n) is 10.1. The molecule has 2 aromatic heterocycles. The first kappa shape index (κ1) is 10.6. The van der Waals surface area contributed by atoms with Gasteiger partial charge in [0.05, 0.1) is 0 Å². The zero-order chi connectivity index (χ0) is 11.7. The molecule has 2 N–H and O–H groups in total. The Kier molecular flexibility index (Phi) is 2.52. The number of aromatic nitrogens is 2. The SMILES string of the molecule is CC1(Nc2cccc3nccn23)CCNCC1. The lowest BCUT2D eigenvalue weighted by Crippen LogP contribution is -2.45. The van der Waals surface area contributed by atoms with E-state index in [1.807, 2.05) is 18.5 Å². The van der Waals surface area contributed by atoms with E-state index in [1.165, 1.54) is 0 Å². The van der Waals surface area contributed by atoms with Gasteiger partial charge in [0.15, 0.2) is 0 Å². The van der Waals surface area contributed by atoms with Gasteiger partial charge < -0.3 is 10.6 Å². The van der Waals surface area contributed by atoms with Gasteiger partial charge in [-0.3, -0.25) is 4.40 Å². The van der Waals surface area contributed by atoms with Crippen molar-refractivity contribution < 1.29 is 0 Å². The molecule has 0 spiro atoms. The fourth-order valence-electron chi connectivity index (χ4n) is 2.46. The molecule has 0 radical (unpaired) electrons. The number of fused-ring (bicyclic) bond motifs is 1. The van der Waals surface area contributed by atoms with Gasteiger partial charge in [0.1, 0.15) is 11.5 Å². The number of imidazole rings is 1. The molecule has 0 aliphatic carbocycles. The van der Waals surface area contributed by atoms with Crippen molar-refractivity contribution in [1.82, 2.24) is 14.7 Å². The molecule has 0 atom stereocenters. The van der Waals surface area contributed by atoms with E-state index in [-0.39, 0.29) is 5.54 Å². The molecule has 0 saturated carbocycles. The molecular weight excluding hydrogens is 212 g/mol. The summed E-state index contributed by atoms with van der Waals surface area (Å²) in [5.41, 5.74) is 1.18. The lowest BCUT2D eigenvalue weighted by atomic mass is 9.90. The van der Waals surface area contributed by atoms with Crippen molar-refractivity contribution in [2.24, 2.45) is 0 Å². The van der Waals surface area contributed by atoms with Crippen LogP contribution in [-0.2, 0) is 0 Å². The van der Waals surface area contributed by atoms with Crippen molar-refractivity contribution in [3.05, 3.63) is 30.6 Å². The normalized spacial score (nSPS) is 19.4. The van der Waals surface area contributed by atoms with Gasteiger partial charge in [0.25, 0.3) is 0 Å². The predicted molar refractivity (Wildman–Crippen MR) is 69.3 cm³/mol. The van der Waals surface area contributed by atoms with Crippen LogP contribution in [0.4, 0.5) is 5.82 Å². The highest BCUT2D eigenvalue weighted by atomic mass is 15.1. The second kappa shape index (κ2) is 4.04. The van der Waals surface area contributed by atoms with Crippen molar-refractivity contribution in [2.45, 2.75) is 25.3 Å². The Hall–Kier alpha value is -1.55. The highest BCUT2D eigenvalue weighted by Gasteiger charge is 2.26. The third kappa shape index (κ3) is 2.00. The van der Waals surface area contributed by atoms with Crippen LogP contribution in [0, 0.1) is 0 Å². The zero-order valence-corrected chi connectivity index (χ0v) is 10.1. The highest BCUT2D eigenvalue weighted by Crippen LogP contribution is 2.24. The standard InChI is InChI=1S/C13H18N4/c1-13(5-7-14-8-6-13)16-12-4-2-3-11-15-9-10-17(11)12/h2-4,9-10,14,16H,5-8H2,1H3. The van der Waals surface area contributed by atoms with Crippen LogP contribution in [-0.4, -0.2) is 28.0 Å². The summed E-state index contributed by atoms with van der Waals surface area (Å²) in [6, 6.07) is 6.19. The number of nitrogens with zero attached hydrogens (tertiary/aromatic N) is 2. The number of nitrogens with one attached hydrogen (secondary N) is 2. The maximum atomic E-state index is 4.31. The smallest absolute Gasteiger partial charge is 0.138 e. The largest absolute Gasteiger partial charge is 0.366 e. The van der Waals surface area contributed by atoms with E-state index in [4.69, 9.17) is 0 Å². The molecule has 0 aromatic carbocycles. The Bertz CT molecular complexity index is 511. The van der Waals surface area contributed by atoms with Crippen molar-refractivity contribution in [1.29, 1.82) is 0 Å². The van der Waals surface area contributed by atoms with E-state index >= 15 is 0 Å². The summed E-state index contributed by atoms with van der Waals surface area (Å²) in [5.74, 6) is 1.13. The molecule has 1 aliphatic rings. The molecule has 3 heterocycles. The second-order valence-electron chi connectivity index (χ2n) is 5.00. The molecule has 4 nitrogen and oxygen atoms in total. The molecule has 17 heavy (non-hydrogen) atoms. The van der Waals surface area contributed by atoms with Crippen LogP contribution in [0.3, 0.4) is 0 Å². The summed E-state index contributed by atoms with van der Waals surface area (Å²) in [4.78, 5) is 4.31. The van der Waals surface area contributed by atoms with Crippen LogP contribution >= 0.6 is 0 Å². The number of rotatable bonds is 2. The Morgan fingerprint density at radius 3 is 3.00 bits per heavy atom. The van der Waals surface area contributed by atoms with Crippen molar-refractivity contribution in [2.75, 3.05) is 18.4 Å². The summed E-state index contributed by atoms with van der Waals surface area (Å²) in [6.07, 6.45) is 6.14. The number of pyridine rings is 1. The van der Waals surface area contributed by atoms with Gasteiger partial charge >= 0.3 is 0 Å². The fourth-order valence-corrected chi connectivity index (χ4v) is 2.46. The van der Waals surface area contributed by atoms with Gasteiger partial charge in [-0.25, -0.2) is 4.98 Å². The fraction of sp³-hybridized carbons (Fsp3) is 0.462. The van der Waals surface area contributed by atoms with Gasteiger partial charge in [0.2, 0.25) is 0 Å². The van der Waals surface area contributed by atoms with Gasteiger partial charge in [-0.05, 0) is 45.0 Å². The second-order valence-corrected chi connectivity index (χ2v) is 5.00. The molecule has 0 unspecified atom stereocenters. The van der Waals surface area contributed by atoms with Gasteiger partial charge in [-0.1, -0.05) is 6.07 Å². The van der Waals surface area contributed by atoms with Crippen LogP contribution < -0.4 is 10.6 Å². The molecule has 1 aliphatic heterocycles. The lowest BCUT2D eigenvalue weighted by Gasteiger charge is -2.36. The molecule has 90 valence electrons. The van der Waals surface area contributed by atoms with Crippen LogP contribution in [0.25, 0.3) is 5.65 Å². The van der Waals surface area contributed by atoms with E-state index in [9.17, 15) is 0 Å². The molecule has 1 fully saturated rings. The van der Waals surface area contributed by atoms with Crippen LogP contribution in [0.2, 0.25) is 0 Å². The maximum absolute atomic E-state index is 4.31. The molecule has 3 rings (SSSR count). The van der Waals surface area contributed by atoms with E-state index in [0.29, 0.717) is 0 Å². The average molecular weight is 230 g/mol. The Balaban J connectivity index is 1.91. The minimum atomic E-state index is 0.184. The van der Waals surface area contributed by atoms with Crippen molar-refractivity contribution >= 4 is 11.5 Å². The summed E-state index contributed by atoms with van der Waals surface area (Å²) < 4.78 is 2.10. The minimum Gasteiger partial charge on any atom is -0.366 e. The average Bonchev–Trinajstić information content (AvgIpc) is 2.79. The predicted octanol–water partition coefficient (Wildman–Crippen LogP) is 1.89. The van der Waals surface area contributed by atoms with Gasteiger partial charge in [-0.15, -0.1) is 0 Å². The van der Waals surface area contributed by atoms with E-state index < -0.39 is 0 Å². The van der Waals surface area contributed by atoms with E-state index in [0.717, 1.165) is 37.4 Å². The first-order valence-electron chi connectivity index (χ1n) is 6.18. The summed E-state index contributed by atoms with van der Waals surface area (Å²) in [7, 11) is 0. The quantitative estimate of drug-likeness (QED) is 0.827. The Morgan fingerprint density at radius 2 is 2.18 bits per heavy atom. The first-order chi connectivity index (χ1) is 8.27. The summed E-state index contributed by atoms with van der Waals surface area (Å²) in [5, 5.41) is 7.07. The number of hydrogen-bond donors (Lipinski definition) is 2. The number of anilines is 1. The van der Waals surface area contributed by atoms with Crippen molar-refractivity contribution in [3.63, 3.8) is 0 Å². The van der Waals surface area contributed by atoms with E-state index in [2.05, 4.69) is 39.1 Å². The highest BCUT2D eigenvalue weighted by molar-refractivity contribution is 5.51. The molecule has 0 amide bonds. The van der Waals surface area contributed by atoms with Crippen molar-refractivity contribution in [3.8, 4) is 0 Å². The minimum absolute atomic E-state index is 0.184. The number of hydrogen-bond acceptors (Lipinski definition) is 3. The summed E-state index contributed by atoms with van der Waals surface area (Å²) in [6.45, 7) is 4.47. The Labute approximate surface area is 101 Å². The molecule has 0 bridgehead atoms. The molecule has 1 saturated heterocycles. The monoisotopic (exact) mass is 230 g/mol. The lowest BCUT2D eigenvalue weighted by molar-refractivity contribution is 0.364. The van der Waals surface area contributed by atoms with Crippen LogP contribution in [0.1, 0.15) is 19.8 Å². The third-order valence-electron chi connectivity index (χ3n) is 3.57. The topological polar surface area (TPSA) is 41.4 Å². The Morgan fingerprint density at radius 1 is 1.35 bits per heavy atom. The van der Waals surface area contributed by atoms with E-state index in [1.54, 1.807) is 0 Å². The van der Waals surface area contributed by atoms with Gasteiger partial charge in [0, 0.05) is 17.9 Å². The van der Waals surface area contributed by atoms with Crippen LogP contribution in [0.5, 0.6) is 0 Å². The number of piperidine rings is 1. The van der Waals surface area contributed by atoms with Crippen LogP contribution in [0.15, 0.2) is 30.6 Å². The molecular formula is C13H18N4. The summed E-state index contributed by atoms with van der Waals surface area (Å²) >= 11 is 0. The molecule has 2 aromatic rings. The van der Waals surface area contributed by atoms with Gasteiger partial charge in [-0.2, -0.15) is 0 Å².